The second-order valence-electron chi connectivity index (χ2n) is 4.42. The number of rotatable bonds is 6. The number of nitrogens with two attached hydrogens (primary N) is 1. The summed E-state index contributed by atoms with van der Waals surface area (Å²) in [6.45, 7) is 5.08. The Bertz CT molecular complexity index is 536. The van der Waals surface area contributed by atoms with E-state index < -0.39 is 0 Å². The molecule has 3 N–H and O–H groups in total. The smallest absolute Gasteiger partial charge is 0.133 e. The van der Waals surface area contributed by atoms with Gasteiger partial charge in [0.25, 0.3) is 0 Å². The molecule has 0 saturated heterocycles. The molecule has 0 fully saturated rings. The fraction of sp³-hybridized carbons (Fsp3) is 0.429. The summed E-state index contributed by atoms with van der Waals surface area (Å²) in [4.78, 5) is 10.1. The van der Waals surface area contributed by atoms with Crippen LogP contribution in [0.5, 0.6) is 0 Å². The topological polar surface area (TPSA) is 63.8 Å². The van der Waals surface area contributed by atoms with Crippen molar-refractivity contribution in [1.82, 2.24) is 9.97 Å². The van der Waals surface area contributed by atoms with E-state index in [4.69, 9.17) is 5.73 Å². The van der Waals surface area contributed by atoms with E-state index in [0.29, 0.717) is 5.82 Å². The van der Waals surface area contributed by atoms with Crippen molar-refractivity contribution in [2.75, 3.05) is 11.1 Å². The first kappa shape index (κ1) is 13.8. The maximum absolute atomic E-state index is 5.81. The van der Waals surface area contributed by atoms with Crippen LogP contribution in [0.25, 0.3) is 0 Å². The number of anilines is 2. The van der Waals surface area contributed by atoms with Crippen LogP contribution in [0.4, 0.5) is 11.6 Å². The van der Waals surface area contributed by atoms with Crippen molar-refractivity contribution in [3.8, 4) is 0 Å². The van der Waals surface area contributed by atoms with Crippen molar-refractivity contribution in [1.29, 1.82) is 0 Å². The van der Waals surface area contributed by atoms with Gasteiger partial charge >= 0.3 is 0 Å². The molecule has 2 rings (SSSR count). The minimum atomic E-state index is 0.530. The Morgan fingerprint density at radius 2 is 2.16 bits per heavy atom. The van der Waals surface area contributed by atoms with E-state index in [1.165, 1.54) is 10.4 Å². The van der Waals surface area contributed by atoms with E-state index in [1.807, 2.05) is 0 Å². The molecular formula is C14H20N4S. The van der Waals surface area contributed by atoms with Crippen LogP contribution in [0.15, 0.2) is 17.5 Å². The molecule has 0 radical (unpaired) electrons. The van der Waals surface area contributed by atoms with Gasteiger partial charge in [-0.1, -0.05) is 13.8 Å². The predicted molar refractivity (Wildman–Crippen MR) is 81.5 cm³/mol. The summed E-state index contributed by atoms with van der Waals surface area (Å²) in [5.74, 6) is 2.15. The zero-order valence-electron chi connectivity index (χ0n) is 11.4. The molecule has 0 atom stereocenters. The van der Waals surface area contributed by atoms with E-state index >= 15 is 0 Å². The summed E-state index contributed by atoms with van der Waals surface area (Å²) < 4.78 is 0. The van der Waals surface area contributed by atoms with Crippen molar-refractivity contribution in [2.45, 2.75) is 39.7 Å². The fourth-order valence-electron chi connectivity index (χ4n) is 1.95. The van der Waals surface area contributed by atoms with Crippen LogP contribution in [0.1, 0.15) is 36.5 Å². The highest BCUT2D eigenvalue weighted by atomic mass is 32.1. The average molecular weight is 276 g/mol. The molecule has 0 aliphatic rings. The Labute approximate surface area is 118 Å². The van der Waals surface area contributed by atoms with E-state index in [2.05, 4.69) is 40.6 Å². The largest absolute Gasteiger partial charge is 0.384 e. The zero-order valence-corrected chi connectivity index (χ0v) is 12.3. The zero-order chi connectivity index (χ0) is 13.7. The summed E-state index contributed by atoms with van der Waals surface area (Å²) >= 11 is 1.77. The second kappa shape index (κ2) is 6.52. The van der Waals surface area contributed by atoms with Gasteiger partial charge in [-0.2, -0.15) is 0 Å². The van der Waals surface area contributed by atoms with Crippen LogP contribution in [-0.2, 0) is 19.4 Å². The average Bonchev–Trinajstić information content (AvgIpc) is 2.83. The van der Waals surface area contributed by atoms with Gasteiger partial charge in [-0.15, -0.1) is 11.3 Å². The number of nitrogens with one attached hydrogen (secondary N) is 1. The first-order valence-corrected chi connectivity index (χ1v) is 7.53. The molecule has 2 aromatic rings. The maximum atomic E-state index is 5.81. The number of aryl methyl sites for hydroxylation is 2. The van der Waals surface area contributed by atoms with Crippen LogP contribution < -0.4 is 11.1 Å². The highest BCUT2D eigenvalue weighted by Crippen LogP contribution is 2.19. The number of nitrogens with zero attached hydrogens (tertiary/aromatic N) is 2. The normalized spacial score (nSPS) is 10.6. The molecular weight excluding hydrogens is 256 g/mol. The third-order valence-corrected chi connectivity index (χ3v) is 3.88. The summed E-state index contributed by atoms with van der Waals surface area (Å²) in [6.07, 6.45) is 2.94. The molecule has 2 heterocycles. The number of hydrogen-bond acceptors (Lipinski definition) is 5. The van der Waals surface area contributed by atoms with Crippen LogP contribution in [0, 0.1) is 0 Å². The molecule has 0 aliphatic carbocycles. The molecule has 0 saturated carbocycles. The molecule has 2 aromatic heterocycles. The maximum Gasteiger partial charge on any atom is 0.133 e. The van der Waals surface area contributed by atoms with Crippen molar-refractivity contribution in [3.05, 3.63) is 33.8 Å². The van der Waals surface area contributed by atoms with Crippen molar-refractivity contribution in [3.63, 3.8) is 0 Å². The molecule has 0 spiro atoms. The lowest BCUT2D eigenvalue weighted by Gasteiger charge is -2.08. The number of hydrogen-bond donors (Lipinski definition) is 2. The molecule has 0 bridgehead atoms. The molecule has 0 amide bonds. The van der Waals surface area contributed by atoms with Crippen molar-refractivity contribution in [2.24, 2.45) is 0 Å². The third kappa shape index (κ3) is 3.67. The standard InChI is InChI=1S/C14H20N4S/c1-3-5-13-17-12(15)8-14(18-13)16-9-11-10(4-2)6-7-19-11/h6-8H,3-5,9H2,1-2H3,(H3,15,16,17,18). The third-order valence-electron chi connectivity index (χ3n) is 2.91. The minimum Gasteiger partial charge on any atom is -0.384 e. The van der Waals surface area contributed by atoms with Gasteiger partial charge in [0.1, 0.15) is 17.5 Å². The van der Waals surface area contributed by atoms with E-state index in [0.717, 1.165) is 37.4 Å². The molecule has 4 nitrogen and oxygen atoms in total. The van der Waals surface area contributed by atoms with Gasteiger partial charge in [-0.25, -0.2) is 9.97 Å². The van der Waals surface area contributed by atoms with Crippen molar-refractivity contribution < 1.29 is 0 Å². The predicted octanol–water partition coefficient (Wildman–Crippen LogP) is 3.25. The Hall–Kier alpha value is -1.62. The summed E-state index contributed by atoms with van der Waals surface area (Å²) in [5, 5.41) is 5.47. The fourth-order valence-corrected chi connectivity index (χ4v) is 2.87. The molecule has 0 unspecified atom stereocenters. The highest BCUT2D eigenvalue weighted by Gasteiger charge is 2.05. The molecule has 19 heavy (non-hydrogen) atoms. The Morgan fingerprint density at radius 3 is 2.89 bits per heavy atom. The molecule has 0 aliphatic heterocycles. The second-order valence-corrected chi connectivity index (χ2v) is 5.42. The van der Waals surface area contributed by atoms with Crippen LogP contribution >= 0.6 is 11.3 Å². The first-order valence-electron chi connectivity index (χ1n) is 6.65. The Balaban J connectivity index is 2.06. The van der Waals surface area contributed by atoms with Gasteiger partial charge in [-0.05, 0) is 29.9 Å². The summed E-state index contributed by atoms with van der Waals surface area (Å²) in [7, 11) is 0. The Kier molecular flexibility index (Phi) is 4.74. The highest BCUT2D eigenvalue weighted by molar-refractivity contribution is 7.10. The lowest BCUT2D eigenvalue weighted by molar-refractivity contribution is 0.836. The van der Waals surface area contributed by atoms with E-state index in [-0.39, 0.29) is 0 Å². The minimum absolute atomic E-state index is 0.530. The number of aromatic nitrogens is 2. The lowest BCUT2D eigenvalue weighted by atomic mass is 10.2. The van der Waals surface area contributed by atoms with Crippen LogP contribution in [0.3, 0.4) is 0 Å². The van der Waals surface area contributed by atoms with Gasteiger partial charge in [0.05, 0.1) is 6.54 Å². The van der Waals surface area contributed by atoms with Gasteiger partial charge < -0.3 is 11.1 Å². The van der Waals surface area contributed by atoms with Gasteiger partial charge in [0.15, 0.2) is 0 Å². The molecule has 102 valence electrons. The van der Waals surface area contributed by atoms with Gasteiger partial charge in [-0.3, -0.25) is 0 Å². The SMILES string of the molecule is CCCc1nc(N)cc(NCc2sccc2CC)n1. The first-order chi connectivity index (χ1) is 9.22. The van der Waals surface area contributed by atoms with Crippen LogP contribution in [0.2, 0.25) is 0 Å². The summed E-state index contributed by atoms with van der Waals surface area (Å²) in [6, 6.07) is 3.97. The quantitative estimate of drug-likeness (QED) is 0.850. The van der Waals surface area contributed by atoms with E-state index in [1.54, 1.807) is 17.4 Å². The lowest BCUT2D eigenvalue weighted by Crippen LogP contribution is -2.06. The van der Waals surface area contributed by atoms with Gasteiger partial charge in [0, 0.05) is 17.4 Å². The number of nitrogen functional groups attached to an aromatic ring is 1. The van der Waals surface area contributed by atoms with Crippen LogP contribution in [-0.4, -0.2) is 9.97 Å². The Morgan fingerprint density at radius 1 is 1.32 bits per heavy atom. The van der Waals surface area contributed by atoms with Crippen molar-refractivity contribution >= 4 is 23.0 Å². The van der Waals surface area contributed by atoms with E-state index in [9.17, 15) is 0 Å². The number of thiophene rings is 1. The molecule has 0 aromatic carbocycles. The molecule has 5 heteroatoms. The summed E-state index contributed by atoms with van der Waals surface area (Å²) in [5.41, 5.74) is 7.20. The monoisotopic (exact) mass is 276 g/mol. The van der Waals surface area contributed by atoms with Gasteiger partial charge in [0.2, 0.25) is 0 Å².